The molecule has 0 saturated carbocycles. The Balaban J connectivity index is 1.09. The highest BCUT2D eigenvalue weighted by atomic mass is 16.2. The Bertz CT molecular complexity index is 922. The van der Waals surface area contributed by atoms with E-state index in [0.29, 0.717) is 12.8 Å². The predicted molar refractivity (Wildman–Crippen MR) is 146 cm³/mol. The van der Waals surface area contributed by atoms with Gasteiger partial charge in [0.1, 0.15) is 0 Å². The fourth-order valence-electron chi connectivity index (χ4n) is 4.69. The van der Waals surface area contributed by atoms with Gasteiger partial charge in [-0.25, -0.2) is 0 Å². The average Bonchev–Trinajstić information content (AvgIpc) is 2.93. The smallest absolute Gasteiger partial charge is 0.223 e. The molecule has 2 aromatic rings. The van der Waals surface area contributed by atoms with E-state index in [1.807, 2.05) is 46.2 Å². The van der Waals surface area contributed by atoms with Crippen molar-refractivity contribution in [1.82, 2.24) is 19.6 Å². The molecular weight excluding hydrogens is 448 g/mol. The van der Waals surface area contributed by atoms with E-state index in [1.54, 1.807) is 0 Å². The van der Waals surface area contributed by atoms with Crippen molar-refractivity contribution in [3.63, 3.8) is 0 Å². The minimum absolute atomic E-state index is 0.104. The van der Waals surface area contributed by atoms with E-state index in [2.05, 4.69) is 58.4 Å². The summed E-state index contributed by atoms with van der Waals surface area (Å²) in [7, 11) is 0. The molecular formula is C30H38N4O2. The second-order valence-corrected chi connectivity index (χ2v) is 9.49. The highest BCUT2D eigenvalue weighted by Crippen LogP contribution is 2.10. The molecule has 0 aromatic heterocycles. The first-order chi connectivity index (χ1) is 17.7. The van der Waals surface area contributed by atoms with Crippen LogP contribution in [0.3, 0.4) is 0 Å². The molecule has 0 aliphatic carbocycles. The number of hydrogen-bond acceptors (Lipinski definition) is 4. The highest BCUT2D eigenvalue weighted by Gasteiger charge is 2.24. The summed E-state index contributed by atoms with van der Waals surface area (Å²) in [4.78, 5) is 33.9. The summed E-state index contributed by atoms with van der Waals surface area (Å²) >= 11 is 0. The van der Waals surface area contributed by atoms with E-state index < -0.39 is 0 Å². The number of piperazine rings is 2. The third-order valence-corrected chi connectivity index (χ3v) is 6.95. The number of rotatable bonds is 9. The monoisotopic (exact) mass is 486 g/mol. The van der Waals surface area contributed by atoms with Crippen molar-refractivity contribution in [3.8, 4) is 0 Å². The van der Waals surface area contributed by atoms with Crippen molar-refractivity contribution in [2.75, 3.05) is 65.4 Å². The second kappa shape index (κ2) is 13.8. The van der Waals surface area contributed by atoms with E-state index in [9.17, 15) is 9.59 Å². The van der Waals surface area contributed by atoms with Crippen LogP contribution < -0.4 is 0 Å². The Labute approximate surface area is 215 Å². The van der Waals surface area contributed by atoms with E-state index in [1.165, 1.54) is 11.1 Å². The summed E-state index contributed by atoms with van der Waals surface area (Å²) in [6.45, 7) is 8.23. The first-order valence-corrected chi connectivity index (χ1v) is 13.1. The fourth-order valence-corrected chi connectivity index (χ4v) is 4.69. The second-order valence-electron chi connectivity index (χ2n) is 9.49. The molecule has 0 bridgehead atoms. The van der Waals surface area contributed by atoms with Crippen LogP contribution in [0.1, 0.15) is 24.0 Å². The largest absolute Gasteiger partial charge is 0.340 e. The van der Waals surface area contributed by atoms with Gasteiger partial charge in [0, 0.05) is 78.3 Å². The Morgan fingerprint density at radius 2 is 0.917 bits per heavy atom. The number of nitrogens with zero attached hydrogens (tertiary/aromatic N) is 4. The molecule has 2 aliphatic heterocycles. The van der Waals surface area contributed by atoms with Crippen LogP contribution in [0.2, 0.25) is 0 Å². The van der Waals surface area contributed by atoms with Gasteiger partial charge in [-0.2, -0.15) is 0 Å². The lowest BCUT2D eigenvalue weighted by molar-refractivity contribution is -0.138. The number of hydrogen-bond donors (Lipinski definition) is 0. The van der Waals surface area contributed by atoms with Crippen LogP contribution in [0.4, 0.5) is 0 Å². The van der Waals surface area contributed by atoms with E-state index in [4.69, 9.17) is 0 Å². The van der Waals surface area contributed by atoms with Crippen LogP contribution >= 0.6 is 0 Å². The third kappa shape index (κ3) is 8.18. The Morgan fingerprint density at radius 3 is 1.28 bits per heavy atom. The molecule has 2 aromatic carbocycles. The van der Waals surface area contributed by atoms with Crippen molar-refractivity contribution < 1.29 is 9.59 Å². The molecule has 0 radical (unpaired) electrons. The maximum atomic E-state index is 12.7. The molecule has 0 atom stereocenters. The summed E-state index contributed by atoms with van der Waals surface area (Å²) in [6.07, 6.45) is 9.28. The molecule has 36 heavy (non-hydrogen) atoms. The van der Waals surface area contributed by atoms with Gasteiger partial charge >= 0.3 is 0 Å². The minimum Gasteiger partial charge on any atom is -0.340 e. The molecule has 4 rings (SSSR count). The molecule has 2 aliphatic rings. The van der Waals surface area contributed by atoms with E-state index in [0.717, 1.165) is 65.4 Å². The summed E-state index contributed by atoms with van der Waals surface area (Å²) in [5.41, 5.74) is 2.41. The first-order valence-electron chi connectivity index (χ1n) is 13.1. The Morgan fingerprint density at radius 1 is 0.556 bits per heavy atom. The fraction of sp³-hybridized carbons (Fsp3) is 0.400. The zero-order valence-corrected chi connectivity index (χ0v) is 21.2. The van der Waals surface area contributed by atoms with Gasteiger partial charge in [0.05, 0.1) is 0 Å². The number of benzene rings is 2. The zero-order chi connectivity index (χ0) is 25.0. The van der Waals surface area contributed by atoms with E-state index >= 15 is 0 Å². The summed E-state index contributed by atoms with van der Waals surface area (Å²) in [5.74, 6) is 0.208. The minimum atomic E-state index is 0.104. The van der Waals surface area contributed by atoms with Crippen molar-refractivity contribution in [1.29, 1.82) is 0 Å². The molecule has 2 heterocycles. The van der Waals surface area contributed by atoms with E-state index in [-0.39, 0.29) is 11.8 Å². The van der Waals surface area contributed by atoms with Gasteiger partial charge in [-0.3, -0.25) is 19.4 Å². The van der Waals surface area contributed by atoms with Crippen LogP contribution in [0, 0.1) is 0 Å². The molecule has 0 unspecified atom stereocenters. The summed E-state index contributed by atoms with van der Waals surface area (Å²) in [5, 5.41) is 0. The maximum absolute atomic E-state index is 12.7. The Hall–Kier alpha value is -3.22. The van der Waals surface area contributed by atoms with Gasteiger partial charge in [0.2, 0.25) is 11.8 Å². The molecule has 2 amide bonds. The average molecular weight is 487 g/mol. The van der Waals surface area contributed by atoms with Gasteiger partial charge < -0.3 is 9.80 Å². The molecule has 2 saturated heterocycles. The van der Waals surface area contributed by atoms with Crippen LogP contribution in [0.15, 0.2) is 72.8 Å². The number of carbonyl (C=O) groups is 2. The molecule has 190 valence electrons. The molecule has 2 fully saturated rings. The first kappa shape index (κ1) is 25.9. The maximum Gasteiger partial charge on any atom is 0.223 e. The SMILES string of the molecule is O=C(CCC(=O)N1CCN(C/C=C/c2ccccc2)CC1)N1CCN(C/C=C/c2ccccc2)CC1. The highest BCUT2D eigenvalue weighted by molar-refractivity contribution is 5.84. The Kier molecular flexibility index (Phi) is 9.88. The van der Waals surface area contributed by atoms with Crippen molar-refractivity contribution >= 4 is 24.0 Å². The van der Waals surface area contributed by atoms with Crippen LogP contribution in [-0.2, 0) is 9.59 Å². The molecule has 6 heteroatoms. The molecule has 0 N–H and O–H groups in total. The molecule has 6 nitrogen and oxygen atoms in total. The lowest BCUT2D eigenvalue weighted by Crippen LogP contribution is -2.50. The number of carbonyl (C=O) groups excluding carboxylic acids is 2. The lowest BCUT2D eigenvalue weighted by Gasteiger charge is -2.35. The normalized spacial score (nSPS) is 17.8. The van der Waals surface area contributed by atoms with Crippen LogP contribution in [0.25, 0.3) is 12.2 Å². The quantitative estimate of drug-likeness (QED) is 0.545. The van der Waals surface area contributed by atoms with Gasteiger partial charge in [-0.1, -0.05) is 85.0 Å². The van der Waals surface area contributed by atoms with Crippen LogP contribution in [-0.4, -0.2) is 96.9 Å². The van der Waals surface area contributed by atoms with Crippen molar-refractivity contribution in [3.05, 3.63) is 83.9 Å². The van der Waals surface area contributed by atoms with Gasteiger partial charge in [-0.05, 0) is 11.1 Å². The lowest BCUT2D eigenvalue weighted by atomic mass is 10.2. The van der Waals surface area contributed by atoms with Crippen LogP contribution in [0.5, 0.6) is 0 Å². The van der Waals surface area contributed by atoms with Gasteiger partial charge in [0.25, 0.3) is 0 Å². The third-order valence-electron chi connectivity index (χ3n) is 6.95. The number of amides is 2. The zero-order valence-electron chi connectivity index (χ0n) is 21.2. The van der Waals surface area contributed by atoms with Crippen molar-refractivity contribution in [2.24, 2.45) is 0 Å². The standard InChI is InChI=1S/C30H38N4O2/c35-29(33-23-19-31(20-24-33)17-7-13-27-9-3-1-4-10-27)15-16-30(36)34-25-21-32(22-26-34)18-8-14-28-11-5-2-6-12-28/h1-14H,15-26H2/b13-7+,14-8+. The summed E-state index contributed by atoms with van der Waals surface area (Å²) in [6, 6.07) is 20.6. The van der Waals surface area contributed by atoms with Gasteiger partial charge in [-0.15, -0.1) is 0 Å². The predicted octanol–water partition coefficient (Wildman–Crippen LogP) is 3.48. The van der Waals surface area contributed by atoms with Crippen molar-refractivity contribution in [2.45, 2.75) is 12.8 Å². The van der Waals surface area contributed by atoms with Gasteiger partial charge in [0.15, 0.2) is 0 Å². The topological polar surface area (TPSA) is 47.1 Å². The molecule has 0 spiro atoms. The summed E-state index contributed by atoms with van der Waals surface area (Å²) < 4.78 is 0.